The van der Waals surface area contributed by atoms with E-state index in [0.29, 0.717) is 12.4 Å². The zero-order chi connectivity index (χ0) is 15.1. The van der Waals surface area contributed by atoms with Gasteiger partial charge in [-0.2, -0.15) is 0 Å². The number of nitrogens with one attached hydrogen (secondary N) is 1. The largest absolute Gasteiger partial charge is 0.383 e. The summed E-state index contributed by atoms with van der Waals surface area (Å²) < 4.78 is 6.21. The van der Waals surface area contributed by atoms with Crippen LogP contribution in [0.1, 0.15) is 51.0 Å². The fourth-order valence-electron chi connectivity index (χ4n) is 3.45. The third-order valence-electron chi connectivity index (χ3n) is 4.57. The number of rotatable bonds is 6. The molecule has 5 nitrogen and oxygen atoms in total. The van der Waals surface area contributed by atoms with E-state index in [0.717, 1.165) is 24.8 Å². The zero-order valence-corrected chi connectivity index (χ0v) is 13.0. The van der Waals surface area contributed by atoms with E-state index in [2.05, 4.69) is 17.3 Å². The maximum absolute atomic E-state index is 6.21. The van der Waals surface area contributed by atoms with E-state index in [1.807, 2.05) is 12.1 Å². The Kier molecular flexibility index (Phi) is 5.96. The van der Waals surface area contributed by atoms with Crippen molar-refractivity contribution in [3.63, 3.8) is 0 Å². The lowest BCUT2D eigenvalue weighted by Crippen LogP contribution is -2.56. The average Bonchev–Trinajstić information content (AvgIpc) is 2.73. The molecule has 1 aliphatic rings. The minimum Gasteiger partial charge on any atom is -0.383 e. The Morgan fingerprint density at radius 2 is 2.05 bits per heavy atom. The molecule has 1 aliphatic carbocycles. The standard InChI is InChI=1S/C16H28N4O/c1-2-21-16(9-5-3-4-6-10-16)14(20-18)12-13-8-7-11-19-15(13)17/h7-8,11,14,20H,2-6,9-10,12,18H2,1H3,(H2,17,19). The molecule has 1 saturated carbocycles. The number of hydrogen-bond donors (Lipinski definition) is 3. The fraction of sp³-hybridized carbons (Fsp3) is 0.688. The van der Waals surface area contributed by atoms with Crippen molar-refractivity contribution in [2.45, 2.75) is 63.5 Å². The predicted molar refractivity (Wildman–Crippen MR) is 85.5 cm³/mol. The Hall–Kier alpha value is -1.17. The Morgan fingerprint density at radius 3 is 2.62 bits per heavy atom. The summed E-state index contributed by atoms with van der Waals surface area (Å²) >= 11 is 0. The van der Waals surface area contributed by atoms with Crippen molar-refractivity contribution in [1.29, 1.82) is 0 Å². The van der Waals surface area contributed by atoms with E-state index in [1.54, 1.807) is 6.20 Å². The average molecular weight is 292 g/mol. The number of hydrogen-bond acceptors (Lipinski definition) is 5. The highest BCUT2D eigenvalue weighted by molar-refractivity contribution is 5.39. The van der Waals surface area contributed by atoms with Crippen LogP contribution in [0.25, 0.3) is 0 Å². The van der Waals surface area contributed by atoms with Crippen LogP contribution >= 0.6 is 0 Å². The van der Waals surface area contributed by atoms with Crippen molar-refractivity contribution in [3.05, 3.63) is 23.9 Å². The Morgan fingerprint density at radius 1 is 1.33 bits per heavy atom. The molecule has 0 aliphatic heterocycles. The first-order chi connectivity index (χ1) is 10.2. The fourth-order valence-corrected chi connectivity index (χ4v) is 3.45. The molecule has 1 heterocycles. The normalized spacial score (nSPS) is 19.9. The van der Waals surface area contributed by atoms with Crippen LogP contribution in [0.3, 0.4) is 0 Å². The van der Waals surface area contributed by atoms with Crippen LogP contribution in [0.15, 0.2) is 18.3 Å². The second kappa shape index (κ2) is 7.73. The Balaban J connectivity index is 2.20. The number of pyridine rings is 1. The summed E-state index contributed by atoms with van der Waals surface area (Å²) in [6.45, 7) is 2.76. The molecule has 0 aromatic carbocycles. The van der Waals surface area contributed by atoms with Crippen molar-refractivity contribution in [2.75, 3.05) is 12.3 Å². The lowest BCUT2D eigenvalue weighted by Gasteiger charge is -2.40. The number of nitrogens with zero attached hydrogens (tertiary/aromatic N) is 1. The number of nitrogen functional groups attached to an aromatic ring is 1. The molecular weight excluding hydrogens is 264 g/mol. The van der Waals surface area contributed by atoms with Crippen molar-refractivity contribution in [3.8, 4) is 0 Å². The minimum absolute atomic E-state index is 0.0575. The van der Waals surface area contributed by atoms with E-state index in [-0.39, 0.29) is 11.6 Å². The van der Waals surface area contributed by atoms with Crippen LogP contribution < -0.4 is 17.0 Å². The van der Waals surface area contributed by atoms with Gasteiger partial charge in [-0.25, -0.2) is 4.98 Å². The lowest BCUT2D eigenvalue weighted by atomic mass is 9.83. The van der Waals surface area contributed by atoms with Crippen molar-refractivity contribution < 1.29 is 4.74 Å². The molecule has 1 unspecified atom stereocenters. The van der Waals surface area contributed by atoms with Gasteiger partial charge in [0.25, 0.3) is 0 Å². The molecular formula is C16H28N4O. The zero-order valence-electron chi connectivity index (χ0n) is 13.0. The van der Waals surface area contributed by atoms with E-state index in [9.17, 15) is 0 Å². The highest BCUT2D eigenvalue weighted by Crippen LogP contribution is 2.35. The second-order valence-electron chi connectivity index (χ2n) is 5.88. The maximum atomic E-state index is 6.21. The smallest absolute Gasteiger partial charge is 0.126 e. The first-order valence-corrected chi connectivity index (χ1v) is 8.01. The number of anilines is 1. The molecule has 2 rings (SSSR count). The summed E-state index contributed by atoms with van der Waals surface area (Å²) in [7, 11) is 0. The van der Waals surface area contributed by atoms with E-state index in [4.69, 9.17) is 16.3 Å². The number of aromatic nitrogens is 1. The van der Waals surface area contributed by atoms with Crippen LogP contribution in [-0.2, 0) is 11.2 Å². The van der Waals surface area contributed by atoms with Crippen LogP contribution in [0, 0.1) is 0 Å². The molecule has 0 saturated heterocycles. The highest BCUT2D eigenvalue weighted by atomic mass is 16.5. The van der Waals surface area contributed by atoms with Gasteiger partial charge in [-0.3, -0.25) is 11.3 Å². The first kappa shape index (κ1) is 16.2. The predicted octanol–water partition coefficient (Wildman–Crippen LogP) is 2.17. The minimum atomic E-state index is -0.192. The lowest BCUT2D eigenvalue weighted by molar-refractivity contribution is -0.0768. The van der Waals surface area contributed by atoms with Crippen molar-refractivity contribution in [1.82, 2.24) is 10.4 Å². The highest BCUT2D eigenvalue weighted by Gasteiger charge is 2.39. The van der Waals surface area contributed by atoms with Gasteiger partial charge in [0.2, 0.25) is 0 Å². The van der Waals surface area contributed by atoms with Gasteiger partial charge in [0.1, 0.15) is 5.82 Å². The summed E-state index contributed by atoms with van der Waals surface area (Å²) in [4.78, 5) is 4.17. The molecule has 5 heteroatoms. The molecule has 5 N–H and O–H groups in total. The monoisotopic (exact) mass is 292 g/mol. The van der Waals surface area contributed by atoms with Crippen molar-refractivity contribution >= 4 is 5.82 Å². The van der Waals surface area contributed by atoms with Gasteiger partial charge in [-0.15, -0.1) is 0 Å². The molecule has 21 heavy (non-hydrogen) atoms. The molecule has 1 atom stereocenters. The molecule has 0 radical (unpaired) electrons. The van der Waals surface area contributed by atoms with E-state index in [1.165, 1.54) is 25.7 Å². The van der Waals surface area contributed by atoms with Crippen LogP contribution in [-0.4, -0.2) is 23.2 Å². The summed E-state index contributed by atoms with van der Waals surface area (Å²) in [5.74, 6) is 6.46. The van der Waals surface area contributed by atoms with Gasteiger partial charge in [-0.1, -0.05) is 31.7 Å². The van der Waals surface area contributed by atoms with Crippen molar-refractivity contribution in [2.24, 2.45) is 5.84 Å². The molecule has 1 fully saturated rings. The van der Waals surface area contributed by atoms with Gasteiger partial charge in [0.15, 0.2) is 0 Å². The molecule has 1 aromatic heterocycles. The Bertz CT molecular complexity index is 430. The van der Waals surface area contributed by atoms with E-state index >= 15 is 0 Å². The molecule has 1 aromatic rings. The van der Waals surface area contributed by atoms with Gasteiger partial charge in [0.05, 0.1) is 11.6 Å². The van der Waals surface area contributed by atoms with E-state index < -0.39 is 0 Å². The second-order valence-corrected chi connectivity index (χ2v) is 5.88. The molecule has 0 amide bonds. The number of ether oxygens (including phenoxy) is 1. The van der Waals surface area contributed by atoms with Gasteiger partial charge >= 0.3 is 0 Å². The Labute approximate surface area is 127 Å². The van der Waals surface area contributed by atoms with Crippen LogP contribution in [0.5, 0.6) is 0 Å². The van der Waals surface area contributed by atoms with Gasteiger partial charge < -0.3 is 10.5 Å². The first-order valence-electron chi connectivity index (χ1n) is 8.01. The summed E-state index contributed by atoms with van der Waals surface area (Å²) in [5.41, 5.74) is 9.81. The third-order valence-corrected chi connectivity index (χ3v) is 4.57. The topological polar surface area (TPSA) is 86.2 Å². The summed E-state index contributed by atoms with van der Waals surface area (Å²) in [5, 5.41) is 0. The van der Waals surface area contributed by atoms with Crippen LogP contribution in [0.4, 0.5) is 5.82 Å². The summed E-state index contributed by atoms with van der Waals surface area (Å²) in [6, 6.07) is 3.99. The third kappa shape index (κ3) is 3.93. The van der Waals surface area contributed by atoms with Gasteiger partial charge in [0, 0.05) is 12.8 Å². The number of nitrogens with two attached hydrogens (primary N) is 2. The summed E-state index contributed by atoms with van der Waals surface area (Å²) in [6.07, 6.45) is 9.51. The quantitative estimate of drug-likeness (QED) is 0.425. The number of hydrazine groups is 1. The SMILES string of the molecule is CCOC1(C(Cc2cccnc2N)NN)CCCCCC1. The van der Waals surface area contributed by atoms with Crippen LogP contribution in [0.2, 0.25) is 0 Å². The molecule has 118 valence electrons. The maximum Gasteiger partial charge on any atom is 0.126 e. The van der Waals surface area contributed by atoms with Gasteiger partial charge in [-0.05, 0) is 37.8 Å². The molecule has 0 spiro atoms. The molecule has 0 bridgehead atoms.